The number of aromatic amines is 1. The summed E-state index contributed by atoms with van der Waals surface area (Å²) in [5, 5.41) is 13.8. The van der Waals surface area contributed by atoms with Crippen molar-refractivity contribution in [3.05, 3.63) is 24.2 Å². The molecule has 2 aliphatic heterocycles. The van der Waals surface area contributed by atoms with Crippen LogP contribution in [0, 0.1) is 0 Å². The van der Waals surface area contributed by atoms with Gasteiger partial charge >= 0.3 is 0 Å². The fourth-order valence-corrected chi connectivity index (χ4v) is 3.91. The van der Waals surface area contributed by atoms with E-state index in [1.54, 1.807) is 0 Å². The van der Waals surface area contributed by atoms with Crippen LogP contribution in [-0.2, 0) is 11.3 Å². The predicted molar refractivity (Wildman–Crippen MR) is 95.5 cm³/mol. The first-order chi connectivity index (χ1) is 12.2. The van der Waals surface area contributed by atoms with Crippen molar-refractivity contribution in [3.63, 3.8) is 0 Å². The van der Waals surface area contributed by atoms with Gasteiger partial charge in [-0.15, -0.1) is 0 Å². The number of fused-ring (bicyclic) bond motifs is 2. The van der Waals surface area contributed by atoms with Gasteiger partial charge in [0.05, 0.1) is 23.1 Å². The molecule has 0 aromatic carbocycles. The van der Waals surface area contributed by atoms with Crippen LogP contribution in [0.15, 0.2) is 18.5 Å². The van der Waals surface area contributed by atoms with Gasteiger partial charge in [-0.2, -0.15) is 10.2 Å². The van der Waals surface area contributed by atoms with E-state index < -0.39 is 0 Å². The molecule has 0 saturated carbocycles. The monoisotopic (exact) mass is 338 g/mol. The number of H-pyrrole nitrogens is 1. The summed E-state index contributed by atoms with van der Waals surface area (Å²) in [6.45, 7) is 6.68. The highest BCUT2D eigenvalue weighted by Gasteiger charge is 2.32. The maximum Gasteiger partial charge on any atom is 0.140 e. The Kier molecular flexibility index (Phi) is 3.31. The van der Waals surface area contributed by atoms with Crippen LogP contribution in [-0.4, -0.2) is 44.2 Å². The van der Waals surface area contributed by atoms with Crippen molar-refractivity contribution in [3.8, 4) is 11.3 Å². The van der Waals surface area contributed by atoms with Crippen molar-refractivity contribution in [1.29, 1.82) is 0 Å². The number of rotatable bonds is 2. The van der Waals surface area contributed by atoms with E-state index in [2.05, 4.69) is 35.1 Å². The minimum atomic E-state index is 0.325. The molecule has 2 aliphatic rings. The van der Waals surface area contributed by atoms with E-state index in [-0.39, 0.29) is 0 Å². The van der Waals surface area contributed by atoms with Gasteiger partial charge in [0.2, 0.25) is 0 Å². The molecule has 5 heterocycles. The van der Waals surface area contributed by atoms with E-state index >= 15 is 0 Å². The highest BCUT2D eigenvalue weighted by atomic mass is 16.5. The van der Waals surface area contributed by atoms with Crippen molar-refractivity contribution in [2.75, 3.05) is 18.1 Å². The summed E-state index contributed by atoms with van der Waals surface area (Å²) < 4.78 is 7.61. The smallest absolute Gasteiger partial charge is 0.140 e. The number of hydrogen-bond donors (Lipinski definition) is 1. The van der Waals surface area contributed by atoms with Gasteiger partial charge in [-0.25, -0.2) is 4.98 Å². The molecule has 0 atom stereocenters. The SMILES string of the molecule is CC(C)n1cc2c(n1)CN(C1CCOCC1)c1nccc3[nH]nc-2c13. The number of nitrogens with zero attached hydrogens (tertiary/aromatic N) is 5. The lowest BCUT2D eigenvalue weighted by Gasteiger charge is -2.34. The van der Waals surface area contributed by atoms with Crippen LogP contribution in [0.5, 0.6) is 0 Å². The Balaban J connectivity index is 1.73. The number of anilines is 1. The molecule has 130 valence electrons. The molecule has 1 saturated heterocycles. The number of pyridine rings is 1. The first-order valence-electron chi connectivity index (χ1n) is 8.98. The normalized spacial score (nSPS) is 18.0. The Labute approximate surface area is 146 Å². The minimum Gasteiger partial charge on any atom is -0.381 e. The zero-order valence-corrected chi connectivity index (χ0v) is 14.6. The molecule has 7 heteroatoms. The fourth-order valence-electron chi connectivity index (χ4n) is 3.91. The molecule has 0 bridgehead atoms. The lowest BCUT2D eigenvalue weighted by molar-refractivity contribution is 0.0840. The van der Waals surface area contributed by atoms with Crippen LogP contribution in [0.2, 0.25) is 0 Å². The summed E-state index contributed by atoms with van der Waals surface area (Å²) in [7, 11) is 0. The van der Waals surface area contributed by atoms with E-state index in [1.165, 1.54) is 0 Å². The Hall–Kier alpha value is -2.41. The lowest BCUT2D eigenvalue weighted by atomic mass is 10.1. The predicted octanol–water partition coefficient (Wildman–Crippen LogP) is 2.90. The van der Waals surface area contributed by atoms with Crippen LogP contribution >= 0.6 is 0 Å². The zero-order chi connectivity index (χ0) is 17.0. The molecule has 0 aliphatic carbocycles. The van der Waals surface area contributed by atoms with E-state index in [0.29, 0.717) is 12.1 Å². The minimum absolute atomic E-state index is 0.325. The third-order valence-corrected chi connectivity index (χ3v) is 5.27. The molecule has 3 aromatic heterocycles. The van der Waals surface area contributed by atoms with Gasteiger partial charge in [0, 0.05) is 43.3 Å². The molecule has 0 amide bonds. The second-order valence-electron chi connectivity index (χ2n) is 7.16. The van der Waals surface area contributed by atoms with Gasteiger partial charge in [-0.3, -0.25) is 9.78 Å². The van der Waals surface area contributed by atoms with Crippen molar-refractivity contribution >= 4 is 16.7 Å². The molecular weight excluding hydrogens is 316 g/mol. The number of hydrogen-bond acceptors (Lipinski definition) is 5. The summed E-state index contributed by atoms with van der Waals surface area (Å²) in [6.07, 6.45) is 6.03. The second-order valence-corrected chi connectivity index (χ2v) is 7.16. The summed E-state index contributed by atoms with van der Waals surface area (Å²) in [4.78, 5) is 7.15. The van der Waals surface area contributed by atoms with Crippen LogP contribution in [0.4, 0.5) is 5.82 Å². The first kappa shape index (κ1) is 14.9. The van der Waals surface area contributed by atoms with Crippen molar-refractivity contribution in [2.45, 2.75) is 45.3 Å². The number of nitrogens with one attached hydrogen (secondary N) is 1. The Morgan fingerprint density at radius 2 is 2.12 bits per heavy atom. The largest absolute Gasteiger partial charge is 0.381 e. The third-order valence-electron chi connectivity index (χ3n) is 5.27. The first-order valence-corrected chi connectivity index (χ1v) is 8.98. The Bertz CT molecular complexity index is 921. The van der Waals surface area contributed by atoms with E-state index in [9.17, 15) is 0 Å². The molecule has 0 spiro atoms. The van der Waals surface area contributed by atoms with Gasteiger partial charge in [0.1, 0.15) is 11.5 Å². The van der Waals surface area contributed by atoms with E-state index in [4.69, 9.17) is 14.8 Å². The van der Waals surface area contributed by atoms with Crippen LogP contribution < -0.4 is 4.90 Å². The van der Waals surface area contributed by atoms with E-state index in [1.807, 2.05) is 16.9 Å². The van der Waals surface area contributed by atoms with Crippen LogP contribution in [0.3, 0.4) is 0 Å². The van der Waals surface area contributed by atoms with Crippen molar-refractivity contribution < 1.29 is 4.74 Å². The molecule has 0 radical (unpaired) electrons. The number of ether oxygens (including phenoxy) is 1. The third kappa shape index (κ3) is 2.26. The highest BCUT2D eigenvalue weighted by molar-refractivity contribution is 6.02. The molecular formula is C18H22N6O. The average Bonchev–Trinajstić information content (AvgIpc) is 3.21. The van der Waals surface area contributed by atoms with Gasteiger partial charge in [-0.05, 0) is 32.8 Å². The summed E-state index contributed by atoms with van der Waals surface area (Å²) in [5.74, 6) is 1.02. The quantitative estimate of drug-likeness (QED) is 0.778. The maximum absolute atomic E-state index is 5.57. The van der Waals surface area contributed by atoms with Gasteiger partial charge in [-0.1, -0.05) is 0 Å². The molecule has 1 N–H and O–H groups in total. The molecule has 5 rings (SSSR count). The number of aromatic nitrogens is 5. The molecule has 0 unspecified atom stereocenters. The van der Waals surface area contributed by atoms with Gasteiger partial charge < -0.3 is 9.64 Å². The van der Waals surface area contributed by atoms with Gasteiger partial charge in [0.15, 0.2) is 0 Å². The van der Waals surface area contributed by atoms with E-state index in [0.717, 1.165) is 66.3 Å². The lowest BCUT2D eigenvalue weighted by Crippen LogP contribution is -2.39. The maximum atomic E-state index is 5.57. The van der Waals surface area contributed by atoms with Crippen molar-refractivity contribution in [2.24, 2.45) is 0 Å². The molecule has 25 heavy (non-hydrogen) atoms. The van der Waals surface area contributed by atoms with Crippen LogP contribution in [0.1, 0.15) is 38.4 Å². The standard InChI is InChI=1S/C18H22N6O/c1-11(2)24-9-13-15(22-24)10-23(12-4-7-25-8-5-12)18-16-14(3-6-19-18)20-21-17(13)16/h3,6,9,11-12H,4-5,7-8,10H2,1-2H3,(H,20,21). The second kappa shape index (κ2) is 5.56. The highest BCUT2D eigenvalue weighted by Crippen LogP contribution is 2.40. The molecule has 1 fully saturated rings. The van der Waals surface area contributed by atoms with Gasteiger partial charge in [0.25, 0.3) is 0 Å². The van der Waals surface area contributed by atoms with Crippen molar-refractivity contribution in [1.82, 2.24) is 25.0 Å². The summed E-state index contributed by atoms with van der Waals surface area (Å²) >= 11 is 0. The fraction of sp³-hybridized carbons (Fsp3) is 0.500. The summed E-state index contributed by atoms with van der Waals surface area (Å²) in [6, 6.07) is 2.74. The average molecular weight is 338 g/mol. The summed E-state index contributed by atoms with van der Waals surface area (Å²) in [5.41, 5.74) is 4.19. The Morgan fingerprint density at radius 1 is 1.28 bits per heavy atom. The zero-order valence-electron chi connectivity index (χ0n) is 14.6. The molecule has 3 aromatic rings. The Morgan fingerprint density at radius 3 is 2.92 bits per heavy atom. The molecule has 7 nitrogen and oxygen atoms in total. The van der Waals surface area contributed by atoms with Crippen LogP contribution in [0.25, 0.3) is 22.2 Å². The topological polar surface area (TPSA) is 71.9 Å².